The first-order valence-corrected chi connectivity index (χ1v) is 18.6. The molecule has 0 unspecified atom stereocenters. The largest absolute Gasteiger partial charge is 0.490 e. The molecule has 2 aromatic rings. The molecule has 1 N–H and O–H groups in total. The number of aldehydes is 1. The summed E-state index contributed by atoms with van der Waals surface area (Å²) in [7, 11) is 0. The van der Waals surface area contributed by atoms with Crippen molar-refractivity contribution < 1.29 is 51.7 Å². The van der Waals surface area contributed by atoms with E-state index < -0.39 is 41.8 Å². The lowest BCUT2D eigenvalue weighted by Gasteiger charge is -2.64. The van der Waals surface area contributed by atoms with Gasteiger partial charge in [-0.1, -0.05) is 63.2 Å². The SMILES string of the molecule is C[C@H](CCC(=O)OCc1ccccc1)[C@H]1CC[C@H]2[C@@H]3[C@H](OC(=O)C(F)(F)F)C[C@@H]4C[C@H](OC(=O)c5cccc(C=O)c5)CC[C@]4(C)[C@H]3C[C@H](O)[C@]12C. The number of alkyl halides is 3. The van der Waals surface area contributed by atoms with E-state index in [4.69, 9.17) is 14.2 Å². The number of carbonyl (C=O) groups is 4. The first-order valence-electron chi connectivity index (χ1n) is 18.6. The maximum Gasteiger partial charge on any atom is 0.490 e. The molecule has 0 aromatic heterocycles. The third-order valence-corrected chi connectivity index (χ3v) is 13.5. The van der Waals surface area contributed by atoms with Crippen LogP contribution in [0.4, 0.5) is 13.2 Å². The van der Waals surface area contributed by atoms with Crippen molar-refractivity contribution in [1.29, 1.82) is 0 Å². The van der Waals surface area contributed by atoms with Crippen LogP contribution in [-0.4, -0.2) is 53.8 Å². The van der Waals surface area contributed by atoms with Gasteiger partial charge in [0.05, 0.1) is 11.7 Å². The second kappa shape index (κ2) is 15.0. The van der Waals surface area contributed by atoms with E-state index in [2.05, 4.69) is 13.8 Å². The predicted molar refractivity (Wildman–Crippen MR) is 184 cm³/mol. The van der Waals surface area contributed by atoms with Crippen molar-refractivity contribution in [3.05, 3.63) is 71.3 Å². The summed E-state index contributed by atoms with van der Waals surface area (Å²) in [4.78, 5) is 49.4. The van der Waals surface area contributed by atoms with Crippen LogP contribution in [0.1, 0.15) is 105 Å². The van der Waals surface area contributed by atoms with E-state index in [-0.39, 0.29) is 71.9 Å². The Morgan fingerprint density at radius 3 is 2.42 bits per heavy atom. The number of hydrogen-bond acceptors (Lipinski definition) is 8. The first kappa shape index (κ1) is 38.0. The third kappa shape index (κ3) is 7.39. The molecule has 52 heavy (non-hydrogen) atoms. The maximum atomic E-state index is 13.7. The monoisotopic (exact) mass is 726 g/mol. The lowest BCUT2D eigenvalue weighted by molar-refractivity contribution is -0.237. The van der Waals surface area contributed by atoms with Crippen molar-refractivity contribution in [2.24, 2.45) is 46.3 Å². The fraction of sp³-hybridized carbons (Fsp3) is 0.610. The number of rotatable bonds is 10. The van der Waals surface area contributed by atoms with Crippen LogP contribution in [0, 0.1) is 46.3 Å². The summed E-state index contributed by atoms with van der Waals surface area (Å²) in [6, 6.07) is 15.6. The van der Waals surface area contributed by atoms with Gasteiger partial charge in [-0.3, -0.25) is 9.59 Å². The van der Waals surface area contributed by atoms with Crippen LogP contribution >= 0.6 is 0 Å². The fourth-order valence-electron chi connectivity index (χ4n) is 10.8. The number of ether oxygens (including phenoxy) is 3. The van der Waals surface area contributed by atoms with Crippen molar-refractivity contribution in [2.45, 2.75) is 110 Å². The van der Waals surface area contributed by atoms with Gasteiger partial charge in [0.1, 0.15) is 25.1 Å². The summed E-state index contributed by atoms with van der Waals surface area (Å²) >= 11 is 0. The summed E-state index contributed by atoms with van der Waals surface area (Å²) in [6.07, 6.45) is -2.49. The topological polar surface area (TPSA) is 116 Å². The molecule has 0 spiro atoms. The Morgan fingerprint density at radius 1 is 0.962 bits per heavy atom. The van der Waals surface area contributed by atoms with Crippen molar-refractivity contribution in [2.75, 3.05) is 0 Å². The lowest BCUT2D eigenvalue weighted by atomic mass is 9.43. The normalized spacial score (nSPS) is 34.5. The van der Waals surface area contributed by atoms with Gasteiger partial charge in [-0.05, 0) is 109 Å². The number of aliphatic hydroxyl groups excluding tert-OH is 1. The zero-order valence-corrected chi connectivity index (χ0v) is 30.0. The van der Waals surface area contributed by atoms with Gasteiger partial charge >= 0.3 is 24.1 Å². The minimum absolute atomic E-state index is 0.00716. The number of carbonyl (C=O) groups excluding carboxylic acids is 4. The number of halogens is 3. The van der Waals surface area contributed by atoms with Crippen LogP contribution in [0.25, 0.3) is 0 Å². The zero-order chi connectivity index (χ0) is 37.4. The molecule has 0 aliphatic heterocycles. The average molecular weight is 727 g/mol. The number of esters is 3. The highest BCUT2D eigenvalue weighted by molar-refractivity contribution is 5.91. The first-order chi connectivity index (χ1) is 24.6. The van der Waals surface area contributed by atoms with Crippen LogP contribution in [0.3, 0.4) is 0 Å². The van der Waals surface area contributed by atoms with Gasteiger partial charge in [-0.15, -0.1) is 0 Å². The van der Waals surface area contributed by atoms with Crippen LogP contribution in [0.15, 0.2) is 54.6 Å². The molecule has 282 valence electrons. The van der Waals surface area contributed by atoms with Crippen LogP contribution in [0.5, 0.6) is 0 Å². The average Bonchev–Trinajstić information content (AvgIpc) is 3.49. The summed E-state index contributed by atoms with van der Waals surface area (Å²) in [6.45, 7) is 6.43. The Kier molecular flexibility index (Phi) is 10.9. The zero-order valence-electron chi connectivity index (χ0n) is 30.0. The van der Waals surface area contributed by atoms with Gasteiger partial charge < -0.3 is 19.3 Å². The molecule has 0 amide bonds. The second-order valence-corrected chi connectivity index (χ2v) is 16.2. The molecule has 0 bridgehead atoms. The highest BCUT2D eigenvalue weighted by Crippen LogP contribution is 2.69. The van der Waals surface area contributed by atoms with E-state index in [0.717, 1.165) is 12.0 Å². The molecule has 0 heterocycles. The lowest BCUT2D eigenvalue weighted by Crippen LogP contribution is -2.63. The molecule has 4 fully saturated rings. The Balaban J connectivity index is 1.19. The molecule has 6 rings (SSSR count). The summed E-state index contributed by atoms with van der Waals surface area (Å²) in [5.41, 5.74) is 0.438. The molecule has 8 nitrogen and oxygen atoms in total. The van der Waals surface area contributed by atoms with Crippen LogP contribution < -0.4 is 0 Å². The van der Waals surface area contributed by atoms with Crippen molar-refractivity contribution in [3.8, 4) is 0 Å². The Labute approximate surface area is 302 Å². The highest BCUT2D eigenvalue weighted by Gasteiger charge is 2.67. The van der Waals surface area contributed by atoms with E-state index in [9.17, 15) is 37.5 Å². The minimum atomic E-state index is -5.16. The highest BCUT2D eigenvalue weighted by atomic mass is 19.4. The Bertz CT molecular complexity index is 1630. The number of aliphatic hydroxyl groups is 1. The van der Waals surface area contributed by atoms with Crippen LogP contribution in [0.2, 0.25) is 0 Å². The molecule has 4 aliphatic rings. The van der Waals surface area contributed by atoms with E-state index in [0.29, 0.717) is 50.4 Å². The summed E-state index contributed by atoms with van der Waals surface area (Å²) in [5, 5.41) is 12.1. The van der Waals surface area contributed by atoms with Crippen molar-refractivity contribution in [1.82, 2.24) is 0 Å². The van der Waals surface area contributed by atoms with E-state index >= 15 is 0 Å². The molecule has 0 saturated heterocycles. The molecule has 11 atom stereocenters. The smallest absolute Gasteiger partial charge is 0.461 e. The van der Waals surface area contributed by atoms with Gasteiger partial charge in [-0.25, -0.2) is 9.59 Å². The van der Waals surface area contributed by atoms with Gasteiger partial charge in [0.2, 0.25) is 0 Å². The van der Waals surface area contributed by atoms with Crippen molar-refractivity contribution in [3.63, 3.8) is 0 Å². The summed E-state index contributed by atoms with van der Waals surface area (Å²) in [5.74, 6) is -4.07. The molecule has 0 radical (unpaired) electrons. The van der Waals surface area contributed by atoms with E-state index in [1.165, 1.54) is 6.07 Å². The standard InChI is InChI=1S/C41H49F3O8/c1-24(12-15-35(47)50-23-25-8-5-4-6-9-25)30-13-14-31-36-32(21-34(46)40(30,31)3)39(2)17-16-29(51-37(48)27-11-7-10-26(18-27)22-45)19-28(39)20-33(36)52-38(49)41(42,43)44/h4-11,18,22,24,28-34,36,46H,12-17,19-21,23H2,1-3H3/t24-,28+,29-,30-,31+,32+,33-,34+,36+,39+,40-/m1/s1. The van der Waals surface area contributed by atoms with E-state index in [1.54, 1.807) is 18.2 Å². The minimum Gasteiger partial charge on any atom is -0.461 e. The second-order valence-electron chi connectivity index (χ2n) is 16.2. The quantitative estimate of drug-likeness (QED) is 0.149. The molecule has 11 heteroatoms. The Morgan fingerprint density at radius 2 is 1.71 bits per heavy atom. The van der Waals surface area contributed by atoms with Gasteiger partial charge in [-0.2, -0.15) is 13.2 Å². The van der Waals surface area contributed by atoms with Crippen molar-refractivity contribution >= 4 is 24.2 Å². The van der Waals surface area contributed by atoms with Gasteiger partial charge in [0.15, 0.2) is 0 Å². The predicted octanol–water partition coefficient (Wildman–Crippen LogP) is 7.90. The van der Waals surface area contributed by atoms with Crippen LogP contribution in [-0.2, 0) is 30.4 Å². The number of fused-ring (bicyclic) bond motifs is 5. The molecular formula is C41H49F3O8. The number of hydrogen-bond donors (Lipinski definition) is 1. The van der Waals surface area contributed by atoms with E-state index in [1.807, 2.05) is 37.3 Å². The molecule has 4 aliphatic carbocycles. The van der Waals surface area contributed by atoms with Gasteiger partial charge in [0.25, 0.3) is 0 Å². The molecule has 2 aromatic carbocycles. The van der Waals surface area contributed by atoms with Gasteiger partial charge in [0, 0.05) is 17.9 Å². The maximum absolute atomic E-state index is 13.7. The molecular weight excluding hydrogens is 677 g/mol. The fourth-order valence-corrected chi connectivity index (χ4v) is 10.8. The number of benzene rings is 2. The third-order valence-electron chi connectivity index (χ3n) is 13.5. The Hall–Kier alpha value is -3.73. The molecule has 4 saturated carbocycles. The summed E-state index contributed by atoms with van der Waals surface area (Å²) < 4.78 is 57.9.